The molecule has 1 saturated heterocycles. The summed E-state index contributed by atoms with van der Waals surface area (Å²) in [5, 5.41) is 33.9. The molecule has 1 fully saturated rings. The highest BCUT2D eigenvalue weighted by Gasteiger charge is 2.45. The summed E-state index contributed by atoms with van der Waals surface area (Å²) in [6, 6.07) is 6.68. The van der Waals surface area contributed by atoms with E-state index in [1.54, 1.807) is 6.20 Å². The molecule has 1 amide bonds. The first-order valence-corrected chi connectivity index (χ1v) is 9.83. The molecule has 1 aliphatic rings. The second-order valence-electron chi connectivity index (χ2n) is 7.20. The van der Waals surface area contributed by atoms with E-state index in [-0.39, 0.29) is 12.3 Å². The van der Waals surface area contributed by atoms with Crippen LogP contribution in [-0.4, -0.2) is 76.6 Å². The van der Waals surface area contributed by atoms with Crippen molar-refractivity contribution in [2.24, 2.45) is 5.73 Å². The third-order valence-electron chi connectivity index (χ3n) is 5.14. The number of aromatic amines is 1. The lowest BCUT2D eigenvalue weighted by molar-refractivity contribution is -0.262. The van der Waals surface area contributed by atoms with Gasteiger partial charge in [0, 0.05) is 23.7 Å². The van der Waals surface area contributed by atoms with Gasteiger partial charge in [0.1, 0.15) is 24.4 Å². The zero-order valence-electron chi connectivity index (χ0n) is 16.2. The second-order valence-corrected chi connectivity index (χ2v) is 7.20. The van der Waals surface area contributed by atoms with Crippen molar-refractivity contribution in [1.82, 2.24) is 10.3 Å². The van der Waals surface area contributed by atoms with Crippen LogP contribution in [0.3, 0.4) is 0 Å². The molecule has 2 aromatic rings. The Morgan fingerprint density at radius 2 is 2.07 bits per heavy atom. The Balaban J connectivity index is 1.68. The van der Waals surface area contributed by atoms with Gasteiger partial charge < -0.3 is 40.8 Å². The molecule has 0 saturated carbocycles. The van der Waals surface area contributed by atoms with Crippen LogP contribution in [0.2, 0.25) is 0 Å². The third-order valence-corrected chi connectivity index (χ3v) is 5.14. The van der Waals surface area contributed by atoms with Crippen LogP contribution in [0.15, 0.2) is 30.5 Å². The van der Waals surface area contributed by atoms with E-state index < -0.39 is 37.3 Å². The summed E-state index contributed by atoms with van der Waals surface area (Å²) >= 11 is 0. The standard InChI is InChI=1S/C20H29N3O6/c21-7-3-4-8-28-19-17(20(27)29-15(11-24)18(19)26)23-16(25)9-12-10-22-14-6-2-1-5-13(12)14/h1-2,5-6,10,15,17-20,22,24,26-27H,3-4,7-9,11,21H2,(H,23,25)/t15-,17+,18-,19-,20?/m1/s1. The monoisotopic (exact) mass is 407 g/mol. The number of rotatable bonds is 9. The number of hydrogen-bond donors (Lipinski definition) is 6. The number of unbranched alkanes of at least 4 members (excludes halogenated alkanes) is 1. The summed E-state index contributed by atoms with van der Waals surface area (Å²) in [5.41, 5.74) is 7.23. The van der Waals surface area contributed by atoms with Gasteiger partial charge in [-0.1, -0.05) is 18.2 Å². The molecule has 1 unspecified atom stereocenters. The van der Waals surface area contributed by atoms with Crippen molar-refractivity contribution in [2.45, 2.75) is 49.9 Å². The number of benzene rings is 1. The second kappa shape index (κ2) is 10.1. The van der Waals surface area contributed by atoms with E-state index in [2.05, 4.69) is 10.3 Å². The minimum Gasteiger partial charge on any atom is -0.394 e. The molecule has 0 aliphatic carbocycles. The number of nitrogens with one attached hydrogen (secondary N) is 2. The highest BCUT2D eigenvalue weighted by molar-refractivity contribution is 5.88. The van der Waals surface area contributed by atoms with Gasteiger partial charge in [-0.05, 0) is 31.0 Å². The maximum absolute atomic E-state index is 12.7. The van der Waals surface area contributed by atoms with Gasteiger partial charge in [-0.2, -0.15) is 0 Å². The Hall–Kier alpha value is -2.01. The van der Waals surface area contributed by atoms with Crippen molar-refractivity contribution in [3.63, 3.8) is 0 Å². The molecule has 1 aliphatic heterocycles. The van der Waals surface area contributed by atoms with E-state index in [9.17, 15) is 20.1 Å². The number of hydrogen-bond acceptors (Lipinski definition) is 7. The van der Waals surface area contributed by atoms with Crippen LogP contribution in [0.25, 0.3) is 10.9 Å². The van der Waals surface area contributed by atoms with E-state index in [0.29, 0.717) is 19.6 Å². The van der Waals surface area contributed by atoms with Crippen molar-refractivity contribution < 1.29 is 29.6 Å². The number of amides is 1. The summed E-state index contributed by atoms with van der Waals surface area (Å²) in [4.78, 5) is 15.8. The van der Waals surface area contributed by atoms with E-state index in [1.807, 2.05) is 24.3 Å². The van der Waals surface area contributed by atoms with Crippen LogP contribution >= 0.6 is 0 Å². The molecule has 9 heteroatoms. The predicted molar refractivity (Wildman–Crippen MR) is 106 cm³/mol. The molecule has 9 nitrogen and oxygen atoms in total. The van der Waals surface area contributed by atoms with E-state index in [4.69, 9.17) is 15.2 Å². The molecule has 2 heterocycles. The topological polar surface area (TPSA) is 150 Å². The Labute approximate surface area is 168 Å². The molecule has 160 valence electrons. The van der Waals surface area contributed by atoms with Crippen LogP contribution in [-0.2, 0) is 20.7 Å². The normalized spacial score (nSPS) is 27.2. The Bertz CT molecular complexity index is 797. The van der Waals surface area contributed by atoms with E-state index >= 15 is 0 Å². The lowest BCUT2D eigenvalue weighted by Gasteiger charge is -2.42. The van der Waals surface area contributed by atoms with Crippen LogP contribution < -0.4 is 11.1 Å². The lowest BCUT2D eigenvalue weighted by Crippen LogP contribution is -2.65. The smallest absolute Gasteiger partial charge is 0.224 e. The van der Waals surface area contributed by atoms with Gasteiger partial charge in [0.05, 0.1) is 13.0 Å². The van der Waals surface area contributed by atoms with E-state index in [1.165, 1.54) is 0 Å². The fraction of sp³-hybridized carbons (Fsp3) is 0.550. The van der Waals surface area contributed by atoms with Gasteiger partial charge in [-0.3, -0.25) is 4.79 Å². The Morgan fingerprint density at radius 3 is 2.83 bits per heavy atom. The largest absolute Gasteiger partial charge is 0.394 e. The molecule has 29 heavy (non-hydrogen) atoms. The molecule has 1 aromatic heterocycles. The maximum atomic E-state index is 12.7. The van der Waals surface area contributed by atoms with Gasteiger partial charge in [0.15, 0.2) is 6.29 Å². The van der Waals surface area contributed by atoms with E-state index in [0.717, 1.165) is 22.9 Å². The number of carbonyl (C=O) groups is 1. The van der Waals surface area contributed by atoms with Gasteiger partial charge >= 0.3 is 0 Å². The van der Waals surface area contributed by atoms with Gasteiger partial charge in [0.25, 0.3) is 0 Å². The van der Waals surface area contributed by atoms with Crippen LogP contribution in [0.1, 0.15) is 18.4 Å². The molecule has 5 atom stereocenters. The number of ether oxygens (including phenoxy) is 2. The number of nitrogens with two attached hydrogens (primary N) is 1. The summed E-state index contributed by atoms with van der Waals surface area (Å²) in [5.74, 6) is -0.340. The zero-order chi connectivity index (χ0) is 20.8. The number of fused-ring (bicyclic) bond motifs is 1. The predicted octanol–water partition coefficient (Wildman–Crippen LogP) is -0.610. The zero-order valence-corrected chi connectivity index (χ0v) is 16.2. The average Bonchev–Trinajstić information content (AvgIpc) is 3.12. The number of aliphatic hydroxyl groups excluding tert-OH is 3. The molecular weight excluding hydrogens is 378 g/mol. The van der Waals surface area contributed by atoms with Crippen molar-refractivity contribution >= 4 is 16.8 Å². The quantitative estimate of drug-likeness (QED) is 0.304. The summed E-state index contributed by atoms with van der Waals surface area (Å²) in [6.45, 7) is 0.349. The molecule has 0 bridgehead atoms. The van der Waals surface area contributed by atoms with Gasteiger partial charge in [0.2, 0.25) is 5.91 Å². The van der Waals surface area contributed by atoms with Crippen LogP contribution in [0.4, 0.5) is 0 Å². The van der Waals surface area contributed by atoms with Crippen molar-refractivity contribution in [3.05, 3.63) is 36.0 Å². The number of H-pyrrole nitrogens is 1. The highest BCUT2D eigenvalue weighted by Crippen LogP contribution is 2.23. The number of carbonyl (C=O) groups excluding carboxylic acids is 1. The lowest BCUT2D eigenvalue weighted by atomic mass is 9.96. The molecular formula is C20H29N3O6. The maximum Gasteiger partial charge on any atom is 0.224 e. The van der Waals surface area contributed by atoms with Crippen LogP contribution in [0.5, 0.6) is 0 Å². The minimum atomic E-state index is -1.41. The van der Waals surface area contributed by atoms with Crippen molar-refractivity contribution in [2.75, 3.05) is 19.8 Å². The summed E-state index contributed by atoms with van der Waals surface area (Å²) < 4.78 is 11.0. The SMILES string of the molecule is NCCCCO[C@H]1[C@H](O)[C@@H](CO)OC(O)[C@H]1NC(=O)Cc1c[nH]c2ccccc12. The molecule has 3 rings (SSSR count). The fourth-order valence-electron chi connectivity index (χ4n) is 3.59. The summed E-state index contributed by atoms with van der Waals surface area (Å²) in [6.07, 6.45) is -1.23. The number of para-hydroxylation sites is 1. The van der Waals surface area contributed by atoms with Crippen molar-refractivity contribution in [3.8, 4) is 0 Å². The first-order valence-electron chi connectivity index (χ1n) is 9.83. The fourth-order valence-corrected chi connectivity index (χ4v) is 3.59. The molecule has 7 N–H and O–H groups in total. The molecule has 0 spiro atoms. The molecule has 1 aromatic carbocycles. The molecule has 0 radical (unpaired) electrons. The first kappa shape index (κ1) is 21.7. The Kier molecular flexibility index (Phi) is 7.59. The van der Waals surface area contributed by atoms with Crippen LogP contribution in [0, 0.1) is 0 Å². The Morgan fingerprint density at radius 1 is 1.28 bits per heavy atom. The minimum absolute atomic E-state index is 0.0899. The number of aliphatic hydroxyl groups is 3. The number of aromatic nitrogens is 1. The first-order chi connectivity index (χ1) is 14.0. The van der Waals surface area contributed by atoms with Gasteiger partial charge in [-0.15, -0.1) is 0 Å². The summed E-state index contributed by atoms with van der Waals surface area (Å²) in [7, 11) is 0. The third kappa shape index (κ3) is 5.13. The van der Waals surface area contributed by atoms with Gasteiger partial charge in [-0.25, -0.2) is 0 Å². The van der Waals surface area contributed by atoms with Crippen molar-refractivity contribution in [1.29, 1.82) is 0 Å². The highest BCUT2D eigenvalue weighted by atomic mass is 16.6. The average molecular weight is 407 g/mol.